The zero-order chi connectivity index (χ0) is 22.6. The van der Waals surface area contributed by atoms with Crippen molar-refractivity contribution < 1.29 is 31.2 Å². The van der Waals surface area contributed by atoms with Gasteiger partial charge in [-0.1, -0.05) is 0 Å². The molecule has 1 aromatic carbocycles. The Labute approximate surface area is 177 Å². The van der Waals surface area contributed by atoms with Crippen molar-refractivity contribution in [1.82, 2.24) is 19.1 Å². The molecule has 170 valence electrons. The molecule has 0 N–H and O–H groups in total. The monoisotopic (exact) mass is 460 g/mol. The first-order valence-electron chi connectivity index (χ1n) is 9.95. The van der Waals surface area contributed by atoms with Crippen LogP contribution in [-0.4, -0.2) is 66.2 Å². The topological polar surface area (TPSA) is 84.7 Å². The summed E-state index contributed by atoms with van der Waals surface area (Å²) in [5, 5.41) is 6.54. The number of fused-ring (bicyclic) bond motifs is 1. The van der Waals surface area contributed by atoms with Gasteiger partial charge in [-0.25, -0.2) is 13.5 Å². The highest BCUT2D eigenvalue weighted by atomic mass is 32.2. The highest BCUT2D eigenvalue weighted by Gasteiger charge is 2.50. The van der Waals surface area contributed by atoms with Gasteiger partial charge in [0.2, 0.25) is 0 Å². The molecule has 1 saturated heterocycles. The number of nitrogens with zero attached hydrogens (tertiary/aromatic N) is 4. The molecule has 0 spiro atoms. The van der Waals surface area contributed by atoms with Crippen LogP contribution in [0, 0.1) is 0 Å². The highest BCUT2D eigenvalue weighted by molar-refractivity contribution is 7.90. The SMILES string of the molecule is CON(C)C(=O)c1ccc2nn(C3CC3)c(C3CCN(S(=O)(=O)C(F)(F)F)CC3)c2c1. The fourth-order valence-electron chi connectivity index (χ4n) is 4.04. The summed E-state index contributed by atoms with van der Waals surface area (Å²) in [6.07, 6.45) is 2.42. The quantitative estimate of drug-likeness (QED) is 0.641. The van der Waals surface area contributed by atoms with Crippen LogP contribution in [-0.2, 0) is 14.9 Å². The first-order chi connectivity index (χ1) is 14.5. The number of amides is 1. The van der Waals surface area contributed by atoms with E-state index in [2.05, 4.69) is 5.10 Å². The van der Waals surface area contributed by atoms with E-state index in [9.17, 15) is 26.4 Å². The molecule has 1 amide bonds. The summed E-state index contributed by atoms with van der Waals surface area (Å²) in [6.45, 7) is -0.427. The number of carbonyl (C=O) groups is 1. The summed E-state index contributed by atoms with van der Waals surface area (Å²) in [7, 11) is -2.45. The Morgan fingerprint density at radius 2 is 1.84 bits per heavy atom. The second-order valence-corrected chi connectivity index (χ2v) is 9.83. The second kappa shape index (κ2) is 7.75. The van der Waals surface area contributed by atoms with Crippen LogP contribution < -0.4 is 0 Å². The largest absolute Gasteiger partial charge is 0.511 e. The smallest absolute Gasteiger partial charge is 0.274 e. The standard InChI is InChI=1S/C19H23F3N4O4S/c1-24(30-2)18(27)13-3-6-16-15(11-13)17(26(23-16)14-4-5-14)12-7-9-25(10-8-12)31(28,29)19(20,21)22/h3,6,11-12,14H,4-5,7-10H2,1-2H3. The van der Waals surface area contributed by atoms with Gasteiger partial charge < -0.3 is 0 Å². The molecule has 1 aliphatic heterocycles. The van der Waals surface area contributed by atoms with Gasteiger partial charge in [0.25, 0.3) is 5.91 Å². The third-order valence-electron chi connectivity index (χ3n) is 5.91. The van der Waals surface area contributed by atoms with E-state index in [0.717, 1.165) is 29.0 Å². The third-order valence-corrected chi connectivity index (χ3v) is 7.54. The number of alkyl halides is 3. The summed E-state index contributed by atoms with van der Waals surface area (Å²) in [6, 6.07) is 5.36. The first-order valence-corrected chi connectivity index (χ1v) is 11.4. The number of halogens is 3. The molecule has 8 nitrogen and oxygen atoms in total. The van der Waals surface area contributed by atoms with E-state index in [-0.39, 0.29) is 43.8 Å². The van der Waals surface area contributed by atoms with Crippen molar-refractivity contribution in [2.45, 2.75) is 43.2 Å². The maximum absolute atomic E-state index is 12.9. The molecule has 0 atom stereocenters. The maximum atomic E-state index is 12.9. The lowest BCUT2D eigenvalue weighted by Gasteiger charge is -2.32. The number of sulfonamides is 1. The molecule has 4 rings (SSSR count). The minimum atomic E-state index is -5.33. The van der Waals surface area contributed by atoms with E-state index >= 15 is 0 Å². The molecule has 2 fully saturated rings. The van der Waals surface area contributed by atoms with Crippen LogP contribution >= 0.6 is 0 Å². The molecular weight excluding hydrogens is 437 g/mol. The van der Waals surface area contributed by atoms with Crippen LogP contribution in [0.2, 0.25) is 0 Å². The van der Waals surface area contributed by atoms with E-state index in [1.807, 2.05) is 4.68 Å². The third kappa shape index (κ3) is 3.92. The van der Waals surface area contributed by atoms with Gasteiger partial charge in [0, 0.05) is 42.7 Å². The van der Waals surface area contributed by atoms with Crippen molar-refractivity contribution in [3.63, 3.8) is 0 Å². The molecule has 31 heavy (non-hydrogen) atoms. The number of hydrogen-bond donors (Lipinski definition) is 0. The van der Waals surface area contributed by atoms with Gasteiger partial charge in [-0.2, -0.15) is 22.6 Å². The van der Waals surface area contributed by atoms with Crippen molar-refractivity contribution in [3.05, 3.63) is 29.5 Å². The minimum Gasteiger partial charge on any atom is -0.274 e. The zero-order valence-electron chi connectivity index (χ0n) is 17.1. The lowest BCUT2D eigenvalue weighted by Crippen LogP contribution is -2.44. The fraction of sp³-hybridized carbons (Fsp3) is 0.579. The van der Waals surface area contributed by atoms with Crippen molar-refractivity contribution in [2.75, 3.05) is 27.2 Å². The minimum absolute atomic E-state index is 0.157. The second-order valence-electron chi connectivity index (χ2n) is 7.90. The number of benzene rings is 1. The van der Waals surface area contributed by atoms with Gasteiger partial charge in [-0.3, -0.25) is 14.3 Å². The summed E-state index contributed by atoms with van der Waals surface area (Å²) in [5.41, 5.74) is -3.34. The Morgan fingerprint density at radius 1 is 1.19 bits per heavy atom. The predicted octanol–water partition coefficient (Wildman–Crippen LogP) is 3.03. The molecule has 0 bridgehead atoms. The van der Waals surface area contributed by atoms with E-state index in [1.165, 1.54) is 14.2 Å². The summed E-state index contributed by atoms with van der Waals surface area (Å²) < 4.78 is 64.6. The van der Waals surface area contributed by atoms with Crippen LogP contribution in [0.15, 0.2) is 18.2 Å². The Kier molecular flexibility index (Phi) is 5.51. The molecule has 2 aromatic rings. The van der Waals surface area contributed by atoms with Gasteiger partial charge in [-0.05, 0) is 43.9 Å². The average molecular weight is 460 g/mol. The number of carbonyl (C=O) groups excluding carboxylic acids is 1. The van der Waals surface area contributed by atoms with Crippen molar-refractivity contribution >= 4 is 26.8 Å². The predicted molar refractivity (Wildman–Crippen MR) is 106 cm³/mol. The lowest BCUT2D eigenvalue weighted by molar-refractivity contribution is -0.0756. The van der Waals surface area contributed by atoms with E-state index in [1.54, 1.807) is 18.2 Å². The summed E-state index contributed by atoms with van der Waals surface area (Å²) in [5.74, 6) is -0.489. The molecule has 0 unspecified atom stereocenters. The number of rotatable bonds is 5. The first kappa shape index (κ1) is 22.0. The van der Waals surface area contributed by atoms with Gasteiger partial charge >= 0.3 is 15.5 Å². The van der Waals surface area contributed by atoms with Crippen LogP contribution in [0.5, 0.6) is 0 Å². The number of piperidine rings is 1. The molecule has 2 aliphatic rings. The number of hydrogen-bond acceptors (Lipinski definition) is 5. The van der Waals surface area contributed by atoms with Crippen molar-refractivity contribution in [2.24, 2.45) is 0 Å². The van der Waals surface area contributed by atoms with Gasteiger partial charge in [0.05, 0.1) is 18.7 Å². The maximum Gasteiger partial charge on any atom is 0.511 e. The van der Waals surface area contributed by atoms with Gasteiger partial charge in [0.1, 0.15) is 0 Å². The molecule has 12 heteroatoms. The van der Waals surface area contributed by atoms with E-state index in [0.29, 0.717) is 15.4 Å². The number of hydroxylamine groups is 2. The molecule has 1 aromatic heterocycles. The summed E-state index contributed by atoms with van der Waals surface area (Å²) in [4.78, 5) is 17.5. The Bertz CT molecular complexity index is 1100. The molecular formula is C19H23F3N4O4S. The van der Waals surface area contributed by atoms with E-state index in [4.69, 9.17) is 4.84 Å². The Hall–Kier alpha value is -2.18. The van der Waals surface area contributed by atoms with Crippen molar-refractivity contribution in [3.8, 4) is 0 Å². The van der Waals surface area contributed by atoms with Crippen LogP contribution in [0.4, 0.5) is 13.2 Å². The van der Waals surface area contributed by atoms with Crippen LogP contribution in [0.1, 0.15) is 53.7 Å². The summed E-state index contributed by atoms with van der Waals surface area (Å²) >= 11 is 0. The molecule has 1 saturated carbocycles. The lowest BCUT2D eigenvalue weighted by atomic mass is 9.91. The highest BCUT2D eigenvalue weighted by Crippen LogP contribution is 2.43. The Morgan fingerprint density at radius 3 is 2.39 bits per heavy atom. The van der Waals surface area contributed by atoms with Gasteiger partial charge in [-0.15, -0.1) is 0 Å². The molecule has 0 radical (unpaired) electrons. The van der Waals surface area contributed by atoms with Crippen LogP contribution in [0.25, 0.3) is 10.9 Å². The fourth-order valence-corrected chi connectivity index (χ4v) is 5.02. The average Bonchev–Trinajstić information content (AvgIpc) is 3.51. The van der Waals surface area contributed by atoms with E-state index < -0.39 is 15.5 Å². The Balaban J connectivity index is 1.67. The van der Waals surface area contributed by atoms with Crippen LogP contribution in [0.3, 0.4) is 0 Å². The number of aromatic nitrogens is 2. The molecule has 1 aliphatic carbocycles. The zero-order valence-corrected chi connectivity index (χ0v) is 17.9. The molecule has 2 heterocycles. The normalized spacial score (nSPS) is 19.1. The van der Waals surface area contributed by atoms with Crippen molar-refractivity contribution in [1.29, 1.82) is 0 Å². The van der Waals surface area contributed by atoms with Gasteiger partial charge in [0.15, 0.2) is 0 Å².